The van der Waals surface area contributed by atoms with Crippen molar-refractivity contribution in [2.45, 2.75) is 12.3 Å². The van der Waals surface area contributed by atoms with E-state index in [0.29, 0.717) is 10.6 Å². The van der Waals surface area contributed by atoms with Gasteiger partial charge in [0, 0.05) is 7.05 Å². The van der Waals surface area contributed by atoms with Crippen molar-refractivity contribution in [3.63, 3.8) is 0 Å². The Labute approximate surface area is 127 Å². The third-order valence-corrected chi connectivity index (χ3v) is 2.94. The minimum atomic E-state index is -4.82. The zero-order chi connectivity index (χ0) is 17.2. The first-order valence-corrected chi connectivity index (χ1v) is 6.37. The maximum atomic E-state index is 12.8. The molecule has 1 aromatic carbocycles. The van der Waals surface area contributed by atoms with Crippen molar-refractivity contribution in [2.75, 3.05) is 13.6 Å². The second-order valence-electron chi connectivity index (χ2n) is 4.74. The second kappa shape index (κ2) is 6.32. The number of aliphatic hydroxyl groups excluding tert-OH is 1. The van der Waals surface area contributed by atoms with Crippen LogP contribution in [0.5, 0.6) is 0 Å². The third kappa shape index (κ3) is 4.03. The molecule has 0 aliphatic carbocycles. The monoisotopic (exact) mass is 332 g/mol. The van der Waals surface area contributed by atoms with Crippen molar-refractivity contribution in [1.82, 2.24) is 19.9 Å². The fourth-order valence-corrected chi connectivity index (χ4v) is 1.70. The quantitative estimate of drug-likeness (QED) is 0.859. The van der Waals surface area contributed by atoms with Gasteiger partial charge in [-0.2, -0.15) is 23.1 Å². The van der Waals surface area contributed by atoms with Gasteiger partial charge in [0.25, 0.3) is 5.91 Å². The number of likely N-dealkylation sites (N-methyl/N-ethyl adjacent to an activating group) is 1. The second-order valence-corrected chi connectivity index (χ2v) is 4.74. The molecule has 1 N–H and O–H groups in total. The molecule has 0 radical (unpaired) electrons. The number of hydrogen-bond donors (Lipinski definition) is 1. The zero-order valence-corrected chi connectivity index (χ0v) is 11.8. The van der Waals surface area contributed by atoms with E-state index in [1.807, 2.05) is 0 Å². The highest BCUT2D eigenvalue weighted by atomic mass is 19.4. The number of amides is 1. The van der Waals surface area contributed by atoms with Gasteiger partial charge in [0.05, 0.1) is 18.4 Å². The average molecular weight is 332 g/mol. The van der Waals surface area contributed by atoms with E-state index >= 15 is 0 Å². The lowest BCUT2D eigenvalue weighted by atomic mass is 10.3. The summed E-state index contributed by atoms with van der Waals surface area (Å²) in [4.78, 5) is 13.7. The predicted octanol–water partition coefficient (Wildman–Crippen LogP) is 1.40. The van der Waals surface area contributed by atoms with E-state index in [0.717, 1.165) is 18.0 Å². The van der Waals surface area contributed by atoms with Crippen LogP contribution in [-0.4, -0.2) is 56.8 Å². The standard InChI is InChI=1S/C13H12F4N4O2/c1-20(7-11(22)13(15,16)17)12(23)10-6-18-21(19-10)9-4-2-8(14)3-5-9/h2-6,11,22H,7H2,1H3. The van der Waals surface area contributed by atoms with Crippen molar-refractivity contribution < 1.29 is 27.5 Å². The van der Waals surface area contributed by atoms with Crippen LogP contribution in [-0.2, 0) is 0 Å². The van der Waals surface area contributed by atoms with Crippen molar-refractivity contribution in [3.05, 3.63) is 42.0 Å². The molecule has 1 unspecified atom stereocenters. The number of aliphatic hydroxyl groups is 1. The van der Waals surface area contributed by atoms with E-state index in [-0.39, 0.29) is 5.69 Å². The number of rotatable bonds is 4. The number of nitrogens with zero attached hydrogens (tertiary/aromatic N) is 4. The first-order chi connectivity index (χ1) is 10.7. The highest BCUT2D eigenvalue weighted by Crippen LogP contribution is 2.20. The summed E-state index contributed by atoms with van der Waals surface area (Å²) in [6.45, 7) is -0.925. The molecular weight excluding hydrogens is 320 g/mol. The Morgan fingerprint density at radius 3 is 2.52 bits per heavy atom. The lowest BCUT2D eigenvalue weighted by Crippen LogP contribution is -2.41. The summed E-state index contributed by atoms with van der Waals surface area (Å²) < 4.78 is 49.7. The lowest BCUT2D eigenvalue weighted by Gasteiger charge is -2.21. The first-order valence-electron chi connectivity index (χ1n) is 6.37. The number of halogens is 4. The van der Waals surface area contributed by atoms with Gasteiger partial charge in [-0.25, -0.2) is 4.39 Å². The van der Waals surface area contributed by atoms with Gasteiger partial charge in [-0.05, 0) is 24.3 Å². The molecule has 2 rings (SSSR count). The van der Waals surface area contributed by atoms with Crippen molar-refractivity contribution in [1.29, 1.82) is 0 Å². The molecule has 124 valence electrons. The van der Waals surface area contributed by atoms with E-state index in [2.05, 4.69) is 10.2 Å². The molecule has 1 heterocycles. The summed E-state index contributed by atoms with van der Waals surface area (Å²) in [5, 5.41) is 16.6. The zero-order valence-electron chi connectivity index (χ0n) is 11.8. The molecule has 0 saturated heterocycles. The molecule has 2 aromatic rings. The predicted molar refractivity (Wildman–Crippen MR) is 70.3 cm³/mol. The minimum Gasteiger partial charge on any atom is -0.382 e. The van der Waals surface area contributed by atoms with Crippen LogP contribution in [0.1, 0.15) is 10.5 Å². The van der Waals surface area contributed by atoms with Gasteiger partial charge in [0.2, 0.25) is 0 Å². The molecule has 1 amide bonds. The van der Waals surface area contributed by atoms with Crippen LogP contribution in [0.25, 0.3) is 5.69 Å². The van der Waals surface area contributed by atoms with E-state index in [4.69, 9.17) is 5.11 Å². The summed E-state index contributed by atoms with van der Waals surface area (Å²) in [5.74, 6) is -1.29. The van der Waals surface area contributed by atoms with E-state index in [1.165, 1.54) is 24.3 Å². The Bertz CT molecular complexity index is 684. The summed E-state index contributed by atoms with van der Waals surface area (Å²) >= 11 is 0. The summed E-state index contributed by atoms with van der Waals surface area (Å²) in [7, 11) is 1.11. The lowest BCUT2D eigenvalue weighted by molar-refractivity contribution is -0.205. The minimum absolute atomic E-state index is 0.203. The number of aromatic nitrogens is 3. The molecule has 0 aliphatic heterocycles. The Balaban J connectivity index is 2.10. The van der Waals surface area contributed by atoms with Crippen LogP contribution < -0.4 is 0 Å². The number of carbonyl (C=O) groups is 1. The largest absolute Gasteiger partial charge is 0.416 e. The molecule has 0 spiro atoms. The van der Waals surface area contributed by atoms with Gasteiger partial charge in [-0.15, -0.1) is 5.10 Å². The number of hydrogen-bond acceptors (Lipinski definition) is 4. The van der Waals surface area contributed by atoms with Gasteiger partial charge in [-0.1, -0.05) is 0 Å². The average Bonchev–Trinajstić information content (AvgIpc) is 2.95. The smallest absolute Gasteiger partial charge is 0.382 e. The Kier molecular flexibility index (Phi) is 4.64. The fourth-order valence-electron chi connectivity index (χ4n) is 1.70. The van der Waals surface area contributed by atoms with Crippen LogP contribution in [0.15, 0.2) is 30.5 Å². The fraction of sp³-hybridized carbons (Fsp3) is 0.308. The summed E-state index contributed by atoms with van der Waals surface area (Å²) in [5.41, 5.74) is 0.176. The van der Waals surface area contributed by atoms with Crippen molar-refractivity contribution in [3.8, 4) is 5.69 Å². The van der Waals surface area contributed by atoms with Crippen LogP contribution >= 0.6 is 0 Å². The van der Waals surface area contributed by atoms with E-state index in [1.54, 1.807) is 0 Å². The van der Waals surface area contributed by atoms with Crippen LogP contribution in [0.4, 0.5) is 17.6 Å². The Hall–Kier alpha value is -2.49. The highest BCUT2D eigenvalue weighted by Gasteiger charge is 2.39. The van der Waals surface area contributed by atoms with Gasteiger partial charge < -0.3 is 10.0 Å². The van der Waals surface area contributed by atoms with Gasteiger partial charge in [0.1, 0.15) is 5.82 Å². The normalized spacial score (nSPS) is 13.0. The van der Waals surface area contributed by atoms with E-state index < -0.39 is 30.5 Å². The van der Waals surface area contributed by atoms with Gasteiger partial charge in [0.15, 0.2) is 11.8 Å². The molecule has 0 bridgehead atoms. The SMILES string of the molecule is CN(CC(O)C(F)(F)F)C(=O)c1cnn(-c2ccc(F)cc2)n1. The molecular formula is C13H12F4N4O2. The molecule has 1 atom stereocenters. The molecule has 6 nitrogen and oxygen atoms in total. The maximum absolute atomic E-state index is 12.8. The van der Waals surface area contributed by atoms with Gasteiger partial charge in [-0.3, -0.25) is 4.79 Å². The molecule has 23 heavy (non-hydrogen) atoms. The number of benzene rings is 1. The van der Waals surface area contributed by atoms with Crippen LogP contribution in [0.2, 0.25) is 0 Å². The van der Waals surface area contributed by atoms with Crippen molar-refractivity contribution in [2.24, 2.45) is 0 Å². The first kappa shape index (κ1) is 16.9. The van der Waals surface area contributed by atoms with Crippen LogP contribution in [0, 0.1) is 5.82 Å². The topological polar surface area (TPSA) is 71.2 Å². The van der Waals surface area contributed by atoms with E-state index in [9.17, 15) is 22.4 Å². The number of alkyl halides is 3. The molecule has 0 saturated carbocycles. The third-order valence-electron chi connectivity index (χ3n) is 2.94. The van der Waals surface area contributed by atoms with Crippen LogP contribution in [0.3, 0.4) is 0 Å². The van der Waals surface area contributed by atoms with Gasteiger partial charge >= 0.3 is 6.18 Å². The Morgan fingerprint density at radius 2 is 1.96 bits per heavy atom. The maximum Gasteiger partial charge on any atom is 0.416 e. The molecule has 0 aliphatic rings. The number of carbonyl (C=O) groups excluding carboxylic acids is 1. The molecule has 0 fully saturated rings. The van der Waals surface area contributed by atoms with Crippen molar-refractivity contribution >= 4 is 5.91 Å². The summed E-state index contributed by atoms with van der Waals surface area (Å²) in [6, 6.07) is 5.10. The highest BCUT2D eigenvalue weighted by molar-refractivity contribution is 5.91. The molecule has 10 heteroatoms. The molecule has 1 aromatic heterocycles. The Morgan fingerprint density at radius 1 is 1.35 bits per heavy atom. The summed E-state index contributed by atoms with van der Waals surface area (Å²) in [6.07, 6.45) is -6.40.